The molecule has 0 spiro atoms. The first kappa shape index (κ1) is 22.3. The largest absolute Gasteiger partial charge is 0.390 e. The van der Waals surface area contributed by atoms with Crippen LogP contribution in [0, 0.1) is 5.92 Å². The lowest BCUT2D eigenvalue weighted by molar-refractivity contribution is -0.125. The number of likely N-dealkylation sites (N-methyl/N-ethyl adjacent to an activating group) is 1. The van der Waals surface area contributed by atoms with Gasteiger partial charge in [0.15, 0.2) is 0 Å². The number of aliphatic hydroxyl groups excluding tert-OH is 1. The zero-order valence-electron chi connectivity index (χ0n) is 15.6. The molecule has 0 aromatic carbocycles. The van der Waals surface area contributed by atoms with Crippen LogP contribution in [0.15, 0.2) is 0 Å². The van der Waals surface area contributed by atoms with Crippen molar-refractivity contribution in [2.45, 2.75) is 65.6 Å². The van der Waals surface area contributed by atoms with E-state index in [1.165, 1.54) is 18.4 Å². The maximum absolute atomic E-state index is 12.6. The minimum absolute atomic E-state index is 0.0913. The van der Waals surface area contributed by atoms with E-state index in [2.05, 4.69) is 5.32 Å². The van der Waals surface area contributed by atoms with Crippen molar-refractivity contribution in [3.63, 3.8) is 0 Å². The fourth-order valence-electron chi connectivity index (χ4n) is 1.75. The van der Waals surface area contributed by atoms with Crippen LogP contribution in [0.4, 0.5) is 0 Å². The van der Waals surface area contributed by atoms with Crippen molar-refractivity contribution in [1.82, 2.24) is 13.9 Å². The Morgan fingerprint density at radius 1 is 1.22 bits per heavy atom. The van der Waals surface area contributed by atoms with Gasteiger partial charge in [0.2, 0.25) is 5.91 Å². The highest BCUT2D eigenvalue weighted by molar-refractivity contribution is 7.86. The van der Waals surface area contributed by atoms with E-state index in [9.17, 15) is 18.3 Å². The Labute approximate surface area is 141 Å². The van der Waals surface area contributed by atoms with Gasteiger partial charge in [-0.25, -0.2) is 0 Å². The molecule has 0 rings (SSSR count). The van der Waals surface area contributed by atoms with Gasteiger partial charge in [-0.15, -0.1) is 0 Å². The van der Waals surface area contributed by atoms with Crippen LogP contribution < -0.4 is 5.32 Å². The van der Waals surface area contributed by atoms with Crippen molar-refractivity contribution < 1.29 is 18.3 Å². The molecule has 0 aliphatic rings. The summed E-state index contributed by atoms with van der Waals surface area (Å²) in [7, 11) is -0.726. The molecule has 0 aromatic rings. The average molecular weight is 352 g/mol. The Hall–Kier alpha value is -0.700. The third-order valence-corrected chi connectivity index (χ3v) is 6.50. The molecule has 0 saturated carbocycles. The second-order valence-electron chi connectivity index (χ2n) is 6.94. The number of amides is 1. The van der Waals surface area contributed by atoms with E-state index in [1.807, 2.05) is 20.8 Å². The molecule has 0 radical (unpaired) electrons. The number of nitrogens with one attached hydrogen (secondary N) is 1. The van der Waals surface area contributed by atoms with Crippen molar-refractivity contribution in [3.05, 3.63) is 0 Å². The zero-order valence-corrected chi connectivity index (χ0v) is 16.4. The van der Waals surface area contributed by atoms with E-state index in [0.717, 1.165) is 4.31 Å². The third kappa shape index (κ3) is 6.02. The van der Waals surface area contributed by atoms with Crippen molar-refractivity contribution in [2.75, 3.05) is 20.6 Å². The van der Waals surface area contributed by atoms with Crippen LogP contribution in [0.1, 0.15) is 48.0 Å². The van der Waals surface area contributed by atoms with Gasteiger partial charge in [0.05, 0.1) is 12.1 Å². The molecular formula is C15H33N3O4S. The normalized spacial score (nSPS) is 16.0. The van der Waals surface area contributed by atoms with E-state index in [1.54, 1.807) is 20.8 Å². The fraction of sp³-hybridized carbons (Fsp3) is 0.933. The number of hydrogen-bond acceptors (Lipinski definition) is 4. The molecule has 138 valence electrons. The number of aliphatic hydroxyl groups is 1. The van der Waals surface area contributed by atoms with E-state index in [4.69, 9.17) is 0 Å². The molecule has 0 aromatic heterocycles. The first-order valence-electron chi connectivity index (χ1n) is 7.96. The van der Waals surface area contributed by atoms with Gasteiger partial charge in [-0.2, -0.15) is 17.0 Å². The van der Waals surface area contributed by atoms with Gasteiger partial charge in [0.1, 0.15) is 0 Å². The van der Waals surface area contributed by atoms with E-state index in [-0.39, 0.29) is 18.4 Å². The summed E-state index contributed by atoms with van der Waals surface area (Å²) in [6.45, 7) is 10.7. The Morgan fingerprint density at radius 2 is 1.70 bits per heavy atom. The quantitative estimate of drug-likeness (QED) is 0.643. The van der Waals surface area contributed by atoms with Gasteiger partial charge < -0.3 is 10.4 Å². The Kier molecular flexibility index (Phi) is 8.16. The van der Waals surface area contributed by atoms with Crippen molar-refractivity contribution in [1.29, 1.82) is 0 Å². The standard InChI is InChI=1S/C15H33N3O4S/c1-9-15(5,6)18(8)23(21,22)17(7)10-13(19)12(4)16-14(20)11(2)3/h11-13,19H,9-10H2,1-8H3,(H,16,20)/t12-,13+/m0/s1. The second-order valence-corrected chi connectivity index (χ2v) is 9.01. The maximum atomic E-state index is 12.6. The molecule has 0 saturated heterocycles. The van der Waals surface area contributed by atoms with Gasteiger partial charge >= 0.3 is 0 Å². The Balaban J connectivity index is 4.92. The first-order chi connectivity index (χ1) is 10.3. The average Bonchev–Trinajstić information content (AvgIpc) is 2.45. The second kappa shape index (κ2) is 8.41. The molecule has 0 aliphatic carbocycles. The molecule has 0 fully saturated rings. The number of hydrogen-bond donors (Lipinski definition) is 2. The van der Waals surface area contributed by atoms with Crippen LogP contribution in [0.3, 0.4) is 0 Å². The van der Waals surface area contributed by atoms with Gasteiger partial charge in [0.25, 0.3) is 10.2 Å². The lowest BCUT2D eigenvalue weighted by Crippen LogP contribution is -2.53. The summed E-state index contributed by atoms with van der Waals surface area (Å²) < 4.78 is 27.6. The Bertz CT molecular complexity index is 491. The molecule has 0 heterocycles. The highest BCUT2D eigenvalue weighted by atomic mass is 32.2. The summed E-state index contributed by atoms with van der Waals surface area (Å²) in [4.78, 5) is 11.7. The van der Waals surface area contributed by atoms with E-state index >= 15 is 0 Å². The maximum Gasteiger partial charge on any atom is 0.282 e. The molecule has 23 heavy (non-hydrogen) atoms. The number of nitrogens with zero attached hydrogens (tertiary/aromatic N) is 2. The number of carbonyl (C=O) groups excluding carboxylic acids is 1. The lowest BCUT2D eigenvalue weighted by Gasteiger charge is -2.37. The van der Waals surface area contributed by atoms with Crippen molar-refractivity contribution >= 4 is 16.1 Å². The summed E-state index contributed by atoms with van der Waals surface area (Å²) in [5.41, 5.74) is -0.518. The minimum Gasteiger partial charge on any atom is -0.390 e. The molecule has 1 amide bonds. The van der Waals surface area contributed by atoms with Crippen LogP contribution >= 0.6 is 0 Å². The molecule has 0 bridgehead atoms. The minimum atomic E-state index is -3.69. The van der Waals surface area contributed by atoms with Gasteiger partial charge in [-0.1, -0.05) is 20.8 Å². The Morgan fingerprint density at radius 3 is 2.09 bits per heavy atom. The van der Waals surface area contributed by atoms with E-state index < -0.39 is 27.9 Å². The summed E-state index contributed by atoms with van der Waals surface area (Å²) in [6, 6.07) is -0.535. The monoisotopic (exact) mass is 351 g/mol. The highest BCUT2D eigenvalue weighted by Crippen LogP contribution is 2.22. The SMILES string of the molecule is CCC(C)(C)N(C)S(=O)(=O)N(C)C[C@@H](O)[C@H](C)NC(=O)C(C)C. The molecule has 2 atom stereocenters. The molecule has 2 N–H and O–H groups in total. The zero-order chi connectivity index (χ0) is 18.6. The number of rotatable bonds is 9. The van der Waals surface area contributed by atoms with Gasteiger partial charge in [-0.3, -0.25) is 4.79 Å². The molecule has 7 nitrogen and oxygen atoms in total. The van der Waals surface area contributed by atoms with E-state index in [0.29, 0.717) is 6.42 Å². The van der Waals surface area contributed by atoms with Gasteiger partial charge in [-0.05, 0) is 27.2 Å². The summed E-state index contributed by atoms with van der Waals surface area (Å²) >= 11 is 0. The van der Waals surface area contributed by atoms with Crippen LogP contribution in [-0.2, 0) is 15.0 Å². The molecule has 8 heteroatoms. The van der Waals surface area contributed by atoms with Crippen molar-refractivity contribution in [2.24, 2.45) is 5.92 Å². The summed E-state index contributed by atoms with van der Waals surface area (Å²) in [5.74, 6) is -0.367. The fourth-order valence-corrected chi connectivity index (χ4v) is 3.26. The van der Waals surface area contributed by atoms with Crippen LogP contribution in [-0.4, -0.2) is 66.4 Å². The topological polar surface area (TPSA) is 90.0 Å². The highest BCUT2D eigenvalue weighted by Gasteiger charge is 2.35. The lowest BCUT2D eigenvalue weighted by atomic mass is 10.0. The third-order valence-electron chi connectivity index (χ3n) is 4.37. The van der Waals surface area contributed by atoms with Gasteiger partial charge in [0, 0.05) is 32.1 Å². The van der Waals surface area contributed by atoms with Crippen molar-refractivity contribution in [3.8, 4) is 0 Å². The van der Waals surface area contributed by atoms with Crippen LogP contribution in [0.2, 0.25) is 0 Å². The number of carbonyl (C=O) groups is 1. The first-order valence-corrected chi connectivity index (χ1v) is 9.35. The van der Waals surface area contributed by atoms with Crippen LogP contribution in [0.5, 0.6) is 0 Å². The predicted octanol–water partition coefficient (Wildman–Crippen LogP) is 0.805. The molecular weight excluding hydrogens is 318 g/mol. The predicted molar refractivity (Wildman–Crippen MR) is 92.1 cm³/mol. The summed E-state index contributed by atoms with van der Waals surface area (Å²) in [6.07, 6.45) is -0.324. The molecule has 0 aliphatic heterocycles. The summed E-state index contributed by atoms with van der Waals surface area (Å²) in [5, 5.41) is 12.9. The smallest absolute Gasteiger partial charge is 0.282 e. The van der Waals surface area contributed by atoms with Crippen LogP contribution in [0.25, 0.3) is 0 Å². The molecule has 0 unspecified atom stereocenters.